The number of likely N-dealkylation sites (tertiary alicyclic amines) is 1. The van der Waals surface area contributed by atoms with Gasteiger partial charge in [0.25, 0.3) is 0 Å². The van der Waals surface area contributed by atoms with E-state index in [1.165, 1.54) is 0 Å². The van der Waals surface area contributed by atoms with Crippen LogP contribution >= 0.6 is 0 Å². The molecule has 0 aliphatic carbocycles. The fraction of sp³-hybridized carbons (Fsp3) is 0.381. The van der Waals surface area contributed by atoms with Crippen molar-refractivity contribution in [3.05, 3.63) is 60.2 Å². The van der Waals surface area contributed by atoms with E-state index in [0.29, 0.717) is 24.8 Å². The van der Waals surface area contributed by atoms with Crippen molar-refractivity contribution in [2.75, 3.05) is 13.1 Å². The first-order chi connectivity index (χ1) is 11.9. The summed E-state index contributed by atoms with van der Waals surface area (Å²) >= 11 is 0. The van der Waals surface area contributed by atoms with E-state index < -0.39 is 5.60 Å². The van der Waals surface area contributed by atoms with Gasteiger partial charge in [-0.2, -0.15) is 0 Å². The van der Waals surface area contributed by atoms with Crippen LogP contribution in [0.2, 0.25) is 0 Å². The van der Waals surface area contributed by atoms with Crippen molar-refractivity contribution in [2.24, 2.45) is 0 Å². The predicted molar refractivity (Wildman–Crippen MR) is 97.0 cm³/mol. The van der Waals surface area contributed by atoms with Crippen LogP contribution in [-0.2, 0) is 4.74 Å². The fourth-order valence-corrected chi connectivity index (χ4v) is 2.91. The monoisotopic (exact) mass is 338 g/mol. The summed E-state index contributed by atoms with van der Waals surface area (Å²) in [4.78, 5) is 14.0. The van der Waals surface area contributed by atoms with Gasteiger partial charge in [0, 0.05) is 25.1 Å². The van der Waals surface area contributed by atoms with Gasteiger partial charge in [0.2, 0.25) is 0 Å². The smallest absolute Gasteiger partial charge is 0.410 e. The molecule has 0 N–H and O–H groups in total. The first-order valence-electron chi connectivity index (χ1n) is 8.63. The molecule has 1 aliphatic rings. The molecule has 1 fully saturated rings. The van der Waals surface area contributed by atoms with Crippen LogP contribution in [0, 0.1) is 6.07 Å². The minimum absolute atomic E-state index is 0.238. The van der Waals surface area contributed by atoms with E-state index in [0.717, 1.165) is 17.7 Å². The van der Waals surface area contributed by atoms with E-state index in [2.05, 4.69) is 6.07 Å². The summed E-state index contributed by atoms with van der Waals surface area (Å²) in [6.45, 7) is 7.05. The molecule has 0 aromatic heterocycles. The highest BCUT2D eigenvalue weighted by molar-refractivity contribution is 5.68. The molecule has 0 saturated carbocycles. The second kappa shape index (κ2) is 7.18. The third-order valence-electron chi connectivity index (χ3n) is 4.08. The molecule has 4 heteroatoms. The lowest BCUT2D eigenvalue weighted by molar-refractivity contribution is 0.0292. The van der Waals surface area contributed by atoms with Crippen LogP contribution in [0.4, 0.5) is 4.79 Å². The third kappa shape index (κ3) is 4.75. The number of carbonyl (C=O) groups excluding carboxylic acids is 1. The van der Waals surface area contributed by atoms with E-state index in [-0.39, 0.29) is 6.09 Å². The van der Waals surface area contributed by atoms with Gasteiger partial charge in [0.05, 0.1) is 0 Å². The highest BCUT2D eigenvalue weighted by Gasteiger charge is 2.30. The maximum absolute atomic E-state index is 12.2. The fourth-order valence-electron chi connectivity index (χ4n) is 2.91. The quantitative estimate of drug-likeness (QED) is 0.790. The van der Waals surface area contributed by atoms with Gasteiger partial charge in [-0.1, -0.05) is 30.3 Å². The van der Waals surface area contributed by atoms with Crippen LogP contribution in [0.5, 0.6) is 11.5 Å². The molecule has 0 spiro atoms. The Morgan fingerprint density at radius 1 is 1.20 bits per heavy atom. The minimum atomic E-state index is -0.465. The van der Waals surface area contributed by atoms with Crippen LogP contribution in [-0.4, -0.2) is 29.7 Å². The van der Waals surface area contributed by atoms with Gasteiger partial charge in [-0.15, -0.1) is 0 Å². The van der Waals surface area contributed by atoms with Gasteiger partial charge < -0.3 is 14.4 Å². The average molecular weight is 338 g/mol. The lowest BCUT2D eigenvalue weighted by atomic mass is 9.98. The molecule has 1 heterocycles. The number of amides is 1. The second-order valence-corrected chi connectivity index (χ2v) is 7.31. The molecule has 25 heavy (non-hydrogen) atoms. The number of para-hydroxylation sites is 1. The highest BCUT2D eigenvalue weighted by atomic mass is 16.6. The van der Waals surface area contributed by atoms with Crippen LogP contribution in [0.15, 0.2) is 48.5 Å². The maximum atomic E-state index is 12.2. The van der Waals surface area contributed by atoms with Crippen LogP contribution in [0.25, 0.3) is 0 Å². The number of benzene rings is 2. The molecule has 1 atom stereocenters. The summed E-state index contributed by atoms with van der Waals surface area (Å²) in [6, 6.07) is 18.7. The molecular weight excluding hydrogens is 314 g/mol. The Morgan fingerprint density at radius 3 is 2.68 bits per heavy atom. The Morgan fingerprint density at radius 2 is 1.96 bits per heavy atom. The summed E-state index contributed by atoms with van der Waals surface area (Å²) in [5.41, 5.74) is 0.698. The summed E-state index contributed by atoms with van der Waals surface area (Å²) in [5.74, 6) is 1.78. The molecule has 3 rings (SSSR count). The van der Waals surface area contributed by atoms with Crippen LogP contribution < -0.4 is 4.74 Å². The van der Waals surface area contributed by atoms with Gasteiger partial charge in [-0.25, -0.2) is 4.79 Å². The average Bonchev–Trinajstić information content (AvgIpc) is 3.05. The molecular formula is C21H24NO3. The number of hydrogen-bond donors (Lipinski definition) is 0. The molecule has 1 unspecified atom stereocenters. The molecule has 1 amide bonds. The van der Waals surface area contributed by atoms with E-state index in [9.17, 15) is 4.79 Å². The van der Waals surface area contributed by atoms with Crippen molar-refractivity contribution in [3.63, 3.8) is 0 Å². The van der Waals surface area contributed by atoms with E-state index in [1.54, 1.807) is 4.90 Å². The lowest BCUT2D eigenvalue weighted by Crippen LogP contribution is -2.35. The standard InChI is InChI=1S/C21H24NO3/c1-21(2,3)25-20(23)22-13-12-17(15-22)16-8-7-11-19(14-16)24-18-9-5-4-6-10-18/h4-10,14,17H,12-13,15H2,1-3H3. The van der Waals surface area contributed by atoms with Crippen molar-refractivity contribution in [2.45, 2.75) is 38.7 Å². The molecule has 2 aromatic carbocycles. The summed E-state index contributed by atoms with van der Waals surface area (Å²) in [6.07, 6.45) is 0.687. The summed E-state index contributed by atoms with van der Waals surface area (Å²) in [7, 11) is 0. The molecule has 1 aliphatic heterocycles. The zero-order valence-electron chi connectivity index (χ0n) is 15.0. The van der Waals surface area contributed by atoms with Crippen molar-refractivity contribution >= 4 is 6.09 Å². The number of ether oxygens (including phenoxy) is 2. The molecule has 2 aromatic rings. The molecule has 1 radical (unpaired) electrons. The first-order valence-corrected chi connectivity index (χ1v) is 8.63. The summed E-state index contributed by atoms with van der Waals surface area (Å²) in [5, 5.41) is 0. The zero-order chi connectivity index (χ0) is 17.9. The molecule has 131 valence electrons. The number of carbonyl (C=O) groups is 1. The lowest BCUT2D eigenvalue weighted by Gasteiger charge is -2.24. The molecule has 0 bridgehead atoms. The van der Waals surface area contributed by atoms with Crippen molar-refractivity contribution in [1.82, 2.24) is 4.90 Å². The van der Waals surface area contributed by atoms with Gasteiger partial charge in [0.1, 0.15) is 17.1 Å². The second-order valence-electron chi connectivity index (χ2n) is 7.31. The normalized spacial score (nSPS) is 17.4. The first kappa shape index (κ1) is 17.3. The number of hydrogen-bond acceptors (Lipinski definition) is 3. The number of nitrogens with zero attached hydrogens (tertiary/aromatic N) is 1. The Balaban J connectivity index is 1.65. The Hall–Kier alpha value is -2.49. The Labute approximate surface area is 149 Å². The third-order valence-corrected chi connectivity index (χ3v) is 4.08. The minimum Gasteiger partial charge on any atom is -0.457 e. The topological polar surface area (TPSA) is 38.8 Å². The Kier molecular flexibility index (Phi) is 4.98. The maximum Gasteiger partial charge on any atom is 0.410 e. The highest BCUT2D eigenvalue weighted by Crippen LogP contribution is 2.31. The van der Waals surface area contributed by atoms with Gasteiger partial charge in [-0.05, 0) is 51.0 Å². The molecule has 4 nitrogen and oxygen atoms in total. The van der Waals surface area contributed by atoms with E-state index >= 15 is 0 Å². The summed E-state index contributed by atoms with van der Waals surface area (Å²) < 4.78 is 11.3. The largest absolute Gasteiger partial charge is 0.457 e. The van der Waals surface area contributed by atoms with Crippen molar-refractivity contribution in [3.8, 4) is 11.5 Å². The van der Waals surface area contributed by atoms with Crippen molar-refractivity contribution in [1.29, 1.82) is 0 Å². The predicted octanol–water partition coefficient (Wildman–Crippen LogP) is 5.00. The van der Waals surface area contributed by atoms with Gasteiger partial charge >= 0.3 is 6.09 Å². The van der Waals surface area contributed by atoms with E-state index in [4.69, 9.17) is 9.47 Å². The zero-order valence-corrected chi connectivity index (χ0v) is 15.0. The SMILES string of the molecule is CC(C)(C)OC(=O)N1CCC(c2cc[c]c(Oc3ccccc3)c2)C1. The van der Waals surface area contributed by atoms with Crippen LogP contribution in [0.3, 0.4) is 0 Å². The van der Waals surface area contributed by atoms with Crippen LogP contribution in [0.1, 0.15) is 38.7 Å². The number of rotatable bonds is 3. The van der Waals surface area contributed by atoms with Crippen molar-refractivity contribution < 1.29 is 14.3 Å². The Bertz CT molecular complexity index is 721. The van der Waals surface area contributed by atoms with Gasteiger partial charge in [0.15, 0.2) is 0 Å². The van der Waals surface area contributed by atoms with E-state index in [1.807, 2.05) is 69.3 Å². The van der Waals surface area contributed by atoms with Gasteiger partial charge in [-0.3, -0.25) is 0 Å². The molecule has 1 saturated heterocycles.